The molecule has 0 aromatic carbocycles. The fraction of sp³-hybridized carbons (Fsp3) is 0.944. The number of rotatable bonds is 11. The summed E-state index contributed by atoms with van der Waals surface area (Å²) in [5, 5.41) is 6.89. The Morgan fingerprint density at radius 2 is 1.88 bits per heavy atom. The van der Waals surface area contributed by atoms with Gasteiger partial charge in [0.2, 0.25) is 0 Å². The lowest BCUT2D eigenvalue weighted by Gasteiger charge is -2.33. The Morgan fingerprint density at radius 1 is 1.19 bits per heavy atom. The predicted octanol–water partition coefficient (Wildman–Crippen LogP) is 0.782. The summed E-state index contributed by atoms with van der Waals surface area (Å²) in [6, 6.07) is 0.403. The smallest absolute Gasteiger partial charge is 0.191 e. The normalized spacial score (nSPS) is 17.7. The number of hydrogen-bond donors (Lipinski definition) is 2. The molecule has 8 heteroatoms. The first-order chi connectivity index (χ1) is 12.4. The Labute approximate surface area is 160 Å². The van der Waals surface area contributed by atoms with Crippen LogP contribution in [-0.2, 0) is 9.84 Å². The van der Waals surface area contributed by atoms with Gasteiger partial charge in [0.1, 0.15) is 9.84 Å². The highest BCUT2D eigenvalue weighted by Gasteiger charge is 2.20. The lowest BCUT2D eigenvalue weighted by Crippen LogP contribution is -2.49. The van der Waals surface area contributed by atoms with Crippen LogP contribution in [0.4, 0.5) is 0 Å². The molecule has 26 heavy (non-hydrogen) atoms. The summed E-state index contributed by atoms with van der Waals surface area (Å²) >= 11 is 0. The number of nitrogens with one attached hydrogen (secondary N) is 2. The number of likely N-dealkylation sites (N-methyl/N-ethyl adjacent to an activating group) is 1. The van der Waals surface area contributed by atoms with Crippen molar-refractivity contribution in [2.24, 2.45) is 4.99 Å². The first kappa shape index (κ1) is 23.2. The fourth-order valence-corrected chi connectivity index (χ4v) is 3.75. The summed E-state index contributed by atoms with van der Waals surface area (Å²) in [5.41, 5.74) is 0. The minimum absolute atomic E-state index is 0.251. The highest BCUT2D eigenvalue weighted by molar-refractivity contribution is 7.90. The molecular weight excluding hydrogens is 350 g/mol. The topological polar surface area (TPSA) is 77.0 Å². The molecule has 1 fully saturated rings. The standard InChI is InChI=1S/C18H39N5O2S/c1-5-11-22(7-3)14-10-20-18(19-6-2)21-17-8-12-23(13-9-17)15-16-26(4,24)25/h17H,5-16H2,1-4H3,(H2,19,20,21). The molecule has 1 saturated heterocycles. The van der Waals surface area contributed by atoms with E-state index in [9.17, 15) is 8.42 Å². The molecule has 2 N–H and O–H groups in total. The second-order valence-electron chi connectivity index (χ2n) is 7.09. The second-order valence-corrected chi connectivity index (χ2v) is 9.34. The van der Waals surface area contributed by atoms with Gasteiger partial charge in [-0.25, -0.2) is 8.42 Å². The highest BCUT2D eigenvalue weighted by atomic mass is 32.2. The van der Waals surface area contributed by atoms with Crippen molar-refractivity contribution in [3.05, 3.63) is 0 Å². The van der Waals surface area contributed by atoms with Crippen molar-refractivity contribution in [3.8, 4) is 0 Å². The Kier molecular flexibility index (Phi) is 11.2. The van der Waals surface area contributed by atoms with Crippen LogP contribution >= 0.6 is 0 Å². The quantitative estimate of drug-likeness (QED) is 0.402. The van der Waals surface area contributed by atoms with Crippen LogP contribution in [0.15, 0.2) is 4.99 Å². The molecular formula is C18H39N5O2S. The third-order valence-electron chi connectivity index (χ3n) is 4.72. The average Bonchev–Trinajstić information content (AvgIpc) is 2.60. The third-order valence-corrected chi connectivity index (χ3v) is 5.65. The number of sulfone groups is 1. The van der Waals surface area contributed by atoms with E-state index >= 15 is 0 Å². The first-order valence-corrected chi connectivity index (χ1v) is 12.1. The second kappa shape index (κ2) is 12.5. The van der Waals surface area contributed by atoms with E-state index in [4.69, 9.17) is 4.99 Å². The van der Waals surface area contributed by atoms with E-state index in [2.05, 4.69) is 41.2 Å². The highest BCUT2D eigenvalue weighted by Crippen LogP contribution is 2.10. The lowest BCUT2D eigenvalue weighted by molar-refractivity contribution is 0.216. The molecule has 1 rings (SSSR count). The first-order valence-electron chi connectivity index (χ1n) is 10.0. The summed E-state index contributed by atoms with van der Waals surface area (Å²) in [6.07, 6.45) is 4.52. The van der Waals surface area contributed by atoms with Crippen molar-refractivity contribution in [1.82, 2.24) is 20.4 Å². The zero-order valence-electron chi connectivity index (χ0n) is 17.1. The molecule has 0 aromatic rings. The molecule has 154 valence electrons. The molecule has 0 unspecified atom stereocenters. The van der Waals surface area contributed by atoms with Crippen LogP contribution in [0.5, 0.6) is 0 Å². The molecule has 0 spiro atoms. The summed E-state index contributed by atoms with van der Waals surface area (Å²) in [4.78, 5) is 9.39. The van der Waals surface area contributed by atoms with Gasteiger partial charge in [-0.2, -0.15) is 0 Å². The van der Waals surface area contributed by atoms with E-state index in [0.717, 1.165) is 64.6 Å². The lowest BCUT2D eigenvalue weighted by atomic mass is 10.1. The SMILES string of the molecule is CCCN(CC)CCN=C(NCC)NC1CCN(CCS(C)(=O)=O)CC1. The number of hydrogen-bond acceptors (Lipinski definition) is 5. The van der Waals surface area contributed by atoms with Crippen LogP contribution in [0.3, 0.4) is 0 Å². The van der Waals surface area contributed by atoms with Gasteiger partial charge in [-0.3, -0.25) is 4.99 Å². The minimum atomic E-state index is -2.88. The number of guanidine groups is 1. The Bertz CT molecular complexity index is 502. The summed E-state index contributed by atoms with van der Waals surface area (Å²) < 4.78 is 22.6. The molecule has 1 heterocycles. The van der Waals surface area contributed by atoms with Crippen LogP contribution in [0.1, 0.15) is 40.0 Å². The van der Waals surface area contributed by atoms with Crippen LogP contribution in [0.25, 0.3) is 0 Å². The van der Waals surface area contributed by atoms with E-state index in [1.807, 2.05) is 0 Å². The van der Waals surface area contributed by atoms with Gasteiger partial charge in [-0.05, 0) is 39.3 Å². The van der Waals surface area contributed by atoms with Crippen molar-refractivity contribution in [2.75, 3.05) is 64.4 Å². The third kappa shape index (κ3) is 10.3. The number of likely N-dealkylation sites (tertiary alicyclic amines) is 1. The van der Waals surface area contributed by atoms with E-state index in [1.54, 1.807) is 0 Å². The van der Waals surface area contributed by atoms with E-state index in [0.29, 0.717) is 12.6 Å². The van der Waals surface area contributed by atoms with E-state index < -0.39 is 9.84 Å². The summed E-state index contributed by atoms with van der Waals surface area (Å²) in [5.74, 6) is 1.15. The predicted molar refractivity (Wildman–Crippen MR) is 111 cm³/mol. The Morgan fingerprint density at radius 3 is 2.42 bits per heavy atom. The van der Waals surface area contributed by atoms with Crippen molar-refractivity contribution >= 4 is 15.8 Å². The molecule has 0 saturated carbocycles. The van der Waals surface area contributed by atoms with Crippen molar-refractivity contribution < 1.29 is 8.42 Å². The zero-order valence-corrected chi connectivity index (χ0v) is 17.9. The maximum Gasteiger partial charge on any atom is 0.191 e. The zero-order chi connectivity index (χ0) is 19.4. The molecule has 0 atom stereocenters. The van der Waals surface area contributed by atoms with Gasteiger partial charge in [0.05, 0.1) is 12.3 Å². The Hall–Kier alpha value is -0.860. The molecule has 7 nitrogen and oxygen atoms in total. The van der Waals surface area contributed by atoms with Crippen molar-refractivity contribution in [2.45, 2.75) is 46.1 Å². The number of piperidine rings is 1. The van der Waals surface area contributed by atoms with Gasteiger partial charge in [0, 0.05) is 45.0 Å². The molecule has 0 radical (unpaired) electrons. The molecule has 0 aliphatic carbocycles. The van der Waals surface area contributed by atoms with Gasteiger partial charge in [-0.15, -0.1) is 0 Å². The Balaban J connectivity index is 2.39. The van der Waals surface area contributed by atoms with Crippen LogP contribution in [0, 0.1) is 0 Å². The molecule has 1 aliphatic rings. The molecule has 0 bridgehead atoms. The monoisotopic (exact) mass is 389 g/mol. The van der Waals surface area contributed by atoms with Gasteiger partial charge in [-0.1, -0.05) is 13.8 Å². The van der Waals surface area contributed by atoms with Crippen molar-refractivity contribution in [1.29, 1.82) is 0 Å². The molecule has 1 aliphatic heterocycles. The average molecular weight is 390 g/mol. The van der Waals surface area contributed by atoms with Crippen LogP contribution in [-0.4, -0.2) is 94.6 Å². The van der Waals surface area contributed by atoms with E-state index in [-0.39, 0.29) is 5.75 Å². The molecule has 0 aromatic heterocycles. The number of aliphatic imine (C=N–C) groups is 1. The summed E-state index contributed by atoms with van der Waals surface area (Å²) in [6.45, 7) is 13.8. The van der Waals surface area contributed by atoms with E-state index in [1.165, 1.54) is 12.7 Å². The maximum absolute atomic E-state index is 11.3. The largest absolute Gasteiger partial charge is 0.357 e. The van der Waals surface area contributed by atoms with Crippen LogP contribution in [0.2, 0.25) is 0 Å². The summed E-state index contributed by atoms with van der Waals surface area (Å²) in [7, 11) is -2.88. The van der Waals surface area contributed by atoms with Gasteiger partial charge >= 0.3 is 0 Å². The van der Waals surface area contributed by atoms with Crippen LogP contribution < -0.4 is 10.6 Å². The van der Waals surface area contributed by atoms with Gasteiger partial charge in [0.25, 0.3) is 0 Å². The number of nitrogens with zero attached hydrogens (tertiary/aromatic N) is 3. The fourth-order valence-electron chi connectivity index (χ4n) is 3.16. The van der Waals surface area contributed by atoms with Gasteiger partial charge in [0.15, 0.2) is 5.96 Å². The minimum Gasteiger partial charge on any atom is -0.357 e. The maximum atomic E-state index is 11.3. The van der Waals surface area contributed by atoms with Crippen molar-refractivity contribution in [3.63, 3.8) is 0 Å². The van der Waals surface area contributed by atoms with Gasteiger partial charge < -0.3 is 20.4 Å². The molecule has 0 amide bonds.